The van der Waals surface area contributed by atoms with Crippen molar-refractivity contribution in [1.29, 1.82) is 0 Å². The Morgan fingerprint density at radius 3 is 2.82 bits per heavy atom. The molecule has 0 spiro atoms. The number of hydrogen-bond donors (Lipinski definition) is 1. The molecular formula is C10H17N3O3S. The van der Waals surface area contributed by atoms with Crippen LogP contribution in [-0.2, 0) is 14.8 Å². The smallest absolute Gasteiger partial charge is 0.246 e. The fraction of sp³-hybridized carbons (Fsp3) is 0.500. The largest absolute Gasteiger partial charge is 0.387 e. The highest BCUT2D eigenvalue weighted by atomic mass is 32.2. The van der Waals surface area contributed by atoms with Crippen LogP contribution in [0.15, 0.2) is 23.4 Å². The number of aromatic nitrogens is 1. The van der Waals surface area contributed by atoms with E-state index in [2.05, 4.69) is 10.3 Å². The van der Waals surface area contributed by atoms with Gasteiger partial charge >= 0.3 is 0 Å². The highest BCUT2D eigenvalue weighted by Gasteiger charge is 2.23. The van der Waals surface area contributed by atoms with E-state index in [1.54, 1.807) is 19.3 Å². The van der Waals surface area contributed by atoms with Gasteiger partial charge in [-0.2, -0.15) is 4.31 Å². The van der Waals surface area contributed by atoms with E-state index in [-0.39, 0.29) is 4.90 Å². The molecule has 0 atom stereocenters. The average Bonchev–Trinajstić information content (AvgIpc) is 2.35. The summed E-state index contributed by atoms with van der Waals surface area (Å²) in [4.78, 5) is 4.01. The molecule has 1 heterocycles. The van der Waals surface area contributed by atoms with Crippen LogP contribution in [0.25, 0.3) is 0 Å². The van der Waals surface area contributed by atoms with Crippen molar-refractivity contribution in [2.24, 2.45) is 0 Å². The molecule has 0 unspecified atom stereocenters. The molecule has 1 aromatic rings. The predicted molar refractivity (Wildman–Crippen MR) is 65.5 cm³/mol. The third-order valence-corrected chi connectivity index (χ3v) is 4.24. The van der Waals surface area contributed by atoms with Crippen LogP contribution in [0.2, 0.25) is 0 Å². The van der Waals surface area contributed by atoms with Crippen LogP contribution in [0.4, 0.5) is 5.69 Å². The molecule has 1 N–H and O–H groups in total. The van der Waals surface area contributed by atoms with E-state index >= 15 is 0 Å². The first-order valence-corrected chi connectivity index (χ1v) is 6.55. The average molecular weight is 259 g/mol. The second-order valence-corrected chi connectivity index (χ2v) is 5.45. The maximum Gasteiger partial charge on any atom is 0.246 e. The number of ether oxygens (including phenoxy) is 1. The van der Waals surface area contributed by atoms with Gasteiger partial charge < -0.3 is 10.1 Å². The number of rotatable bonds is 6. The molecule has 0 saturated heterocycles. The SMILES string of the molecule is CNc1ccncc1S(=O)(=O)N(C)CCOC. The fourth-order valence-corrected chi connectivity index (χ4v) is 2.59. The molecule has 0 aliphatic rings. The summed E-state index contributed by atoms with van der Waals surface area (Å²) in [5.41, 5.74) is 0.532. The Labute approximate surface area is 102 Å². The molecule has 96 valence electrons. The van der Waals surface area contributed by atoms with E-state index in [9.17, 15) is 8.42 Å². The number of pyridine rings is 1. The van der Waals surface area contributed by atoms with Crippen molar-refractivity contribution in [3.05, 3.63) is 18.5 Å². The Bertz CT molecular complexity index is 462. The number of hydrogen-bond acceptors (Lipinski definition) is 5. The van der Waals surface area contributed by atoms with Crippen LogP contribution in [0.3, 0.4) is 0 Å². The van der Waals surface area contributed by atoms with Crippen LogP contribution in [0.1, 0.15) is 0 Å². The van der Waals surface area contributed by atoms with Crippen molar-refractivity contribution in [3.63, 3.8) is 0 Å². The fourth-order valence-electron chi connectivity index (χ4n) is 1.30. The number of sulfonamides is 1. The molecule has 17 heavy (non-hydrogen) atoms. The maximum absolute atomic E-state index is 12.2. The van der Waals surface area contributed by atoms with Gasteiger partial charge in [0.1, 0.15) is 4.90 Å². The van der Waals surface area contributed by atoms with Crippen molar-refractivity contribution in [2.75, 3.05) is 39.7 Å². The lowest BCUT2D eigenvalue weighted by Crippen LogP contribution is -2.30. The van der Waals surface area contributed by atoms with E-state index in [1.165, 1.54) is 24.7 Å². The molecule has 7 heteroatoms. The molecule has 0 aliphatic carbocycles. The lowest BCUT2D eigenvalue weighted by molar-refractivity contribution is 0.185. The molecule has 1 rings (SSSR count). The van der Waals surface area contributed by atoms with Gasteiger partial charge in [-0.1, -0.05) is 0 Å². The molecule has 0 bridgehead atoms. The van der Waals surface area contributed by atoms with Crippen LogP contribution < -0.4 is 5.32 Å². The van der Waals surface area contributed by atoms with Crippen LogP contribution in [-0.4, -0.2) is 52.1 Å². The summed E-state index contributed by atoms with van der Waals surface area (Å²) < 4.78 is 30.5. The second-order valence-electron chi connectivity index (χ2n) is 3.44. The summed E-state index contributed by atoms with van der Waals surface area (Å²) in [7, 11) is 1.19. The first-order valence-electron chi connectivity index (χ1n) is 5.11. The number of anilines is 1. The van der Waals surface area contributed by atoms with Crippen molar-refractivity contribution < 1.29 is 13.2 Å². The van der Waals surface area contributed by atoms with Gasteiger partial charge in [-0.15, -0.1) is 0 Å². The molecule has 0 saturated carbocycles. The summed E-state index contributed by atoms with van der Waals surface area (Å²) in [5, 5.41) is 2.84. The van der Waals surface area contributed by atoms with Crippen molar-refractivity contribution >= 4 is 15.7 Å². The molecule has 0 amide bonds. The minimum Gasteiger partial charge on any atom is -0.387 e. The summed E-state index contributed by atoms with van der Waals surface area (Å²) in [6.45, 7) is 0.655. The molecular weight excluding hydrogens is 242 g/mol. The zero-order valence-electron chi connectivity index (χ0n) is 10.2. The van der Waals surface area contributed by atoms with E-state index in [0.29, 0.717) is 18.8 Å². The summed E-state index contributed by atoms with van der Waals surface area (Å²) in [6, 6.07) is 1.62. The van der Waals surface area contributed by atoms with Crippen LogP contribution >= 0.6 is 0 Å². The Morgan fingerprint density at radius 2 is 2.24 bits per heavy atom. The molecule has 0 aliphatic heterocycles. The standard InChI is InChI=1S/C10H17N3O3S/c1-11-9-4-5-12-8-10(9)17(14,15)13(2)6-7-16-3/h4-5,8H,6-7H2,1-3H3,(H,11,12). The van der Waals surface area contributed by atoms with Crippen molar-refractivity contribution in [2.45, 2.75) is 4.90 Å². The van der Waals surface area contributed by atoms with Gasteiger partial charge in [0.2, 0.25) is 10.0 Å². The summed E-state index contributed by atoms with van der Waals surface area (Å²) >= 11 is 0. The second kappa shape index (κ2) is 5.95. The van der Waals surface area contributed by atoms with Gasteiger partial charge in [-0.25, -0.2) is 8.42 Å². The summed E-state index contributed by atoms with van der Waals surface area (Å²) in [6.07, 6.45) is 2.88. The first-order chi connectivity index (χ1) is 8.04. The van der Waals surface area contributed by atoms with Crippen LogP contribution in [0, 0.1) is 0 Å². The van der Waals surface area contributed by atoms with Gasteiger partial charge in [0.25, 0.3) is 0 Å². The van der Waals surface area contributed by atoms with E-state index < -0.39 is 10.0 Å². The monoisotopic (exact) mass is 259 g/mol. The minimum absolute atomic E-state index is 0.168. The van der Waals surface area contributed by atoms with Crippen molar-refractivity contribution in [3.8, 4) is 0 Å². The highest BCUT2D eigenvalue weighted by Crippen LogP contribution is 2.21. The molecule has 0 radical (unpaired) electrons. The van der Waals surface area contributed by atoms with E-state index in [0.717, 1.165) is 0 Å². The van der Waals surface area contributed by atoms with E-state index in [1.807, 2.05) is 0 Å². The third-order valence-electron chi connectivity index (χ3n) is 2.35. The number of likely N-dealkylation sites (N-methyl/N-ethyl adjacent to an activating group) is 1. The van der Waals surface area contributed by atoms with Gasteiger partial charge in [0.15, 0.2) is 0 Å². The molecule has 6 nitrogen and oxygen atoms in total. The maximum atomic E-state index is 12.2. The molecule has 1 aromatic heterocycles. The third kappa shape index (κ3) is 3.15. The Kier molecular flexibility index (Phi) is 4.86. The minimum atomic E-state index is -3.53. The quantitative estimate of drug-likeness (QED) is 0.800. The zero-order valence-corrected chi connectivity index (χ0v) is 11.0. The number of nitrogens with one attached hydrogen (secondary N) is 1. The lowest BCUT2D eigenvalue weighted by atomic mass is 10.4. The Morgan fingerprint density at radius 1 is 1.53 bits per heavy atom. The molecule has 0 aromatic carbocycles. The van der Waals surface area contributed by atoms with Gasteiger partial charge in [0, 0.05) is 40.1 Å². The Hall–Kier alpha value is -1.18. The lowest BCUT2D eigenvalue weighted by Gasteiger charge is -2.18. The number of methoxy groups -OCH3 is 1. The van der Waals surface area contributed by atoms with Gasteiger partial charge in [-0.05, 0) is 6.07 Å². The van der Waals surface area contributed by atoms with Gasteiger partial charge in [-0.3, -0.25) is 4.98 Å². The normalized spacial score (nSPS) is 11.8. The number of nitrogens with zero attached hydrogens (tertiary/aromatic N) is 2. The molecule has 0 fully saturated rings. The predicted octanol–water partition coefficient (Wildman–Crippen LogP) is 0.390. The van der Waals surface area contributed by atoms with E-state index in [4.69, 9.17) is 4.74 Å². The summed E-state index contributed by atoms with van der Waals surface area (Å²) in [5.74, 6) is 0. The first kappa shape index (κ1) is 13.9. The topological polar surface area (TPSA) is 71.5 Å². The zero-order chi connectivity index (χ0) is 12.9. The highest BCUT2D eigenvalue weighted by molar-refractivity contribution is 7.89. The Balaban J connectivity index is 3.04. The van der Waals surface area contributed by atoms with Crippen molar-refractivity contribution in [1.82, 2.24) is 9.29 Å². The van der Waals surface area contributed by atoms with Crippen LogP contribution in [0.5, 0.6) is 0 Å². The van der Waals surface area contributed by atoms with Gasteiger partial charge in [0.05, 0.1) is 12.3 Å².